The summed E-state index contributed by atoms with van der Waals surface area (Å²) in [5.74, 6) is 0.242. The van der Waals surface area contributed by atoms with E-state index in [2.05, 4.69) is 5.10 Å². The molecule has 4 heteroatoms. The first-order chi connectivity index (χ1) is 9.28. The van der Waals surface area contributed by atoms with Gasteiger partial charge in [-0.2, -0.15) is 5.10 Å². The standard InChI is InChI=1S/C15H16N2O2/c1-11-2-4-14(5-3-11)17-8-13(9-18)15(16-17)12-6-7-19-10-12/h2-5,8-9,12H,6-7,10H2,1H3. The van der Waals surface area contributed by atoms with Crippen LogP contribution in [0.3, 0.4) is 0 Å². The Balaban J connectivity index is 1.98. The van der Waals surface area contributed by atoms with Crippen molar-refractivity contribution in [2.24, 2.45) is 0 Å². The van der Waals surface area contributed by atoms with Crippen LogP contribution < -0.4 is 0 Å². The first-order valence-electron chi connectivity index (χ1n) is 6.47. The van der Waals surface area contributed by atoms with E-state index in [0.29, 0.717) is 12.2 Å². The van der Waals surface area contributed by atoms with Gasteiger partial charge in [0.2, 0.25) is 0 Å². The third-order valence-electron chi connectivity index (χ3n) is 3.51. The summed E-state index contributed by atoms with van der Waals surface area (Å²) in [5.41, 5.74) is 3.69. The normalized spacial score (nSPS) is 18.7. The number of aromatic nitrogens is 2. The van der Waals surface area contributed by atoms with Gasteiger partial charge < -0.3 is 4.74 Å². The number of hydrogen-bond acceptors (Lipinski definition) is 3. The highest BCUT2D eigenvalue weighted by molar-refractivity contribution is 5.76. The molecule has 0 bridgehead atoms. The Morgan fingerprint density at radius 2 is 2.16 bits per heavy atom. The van der Waals surface area contributed by atoms with Crippen LogP contribution in [0.5, 0.6) is 0 Å². The zero-order valence-electron chi connectivity index (χ0n) is 10.9. The molecule has 19 heavy (non-hydrogen) atoms. The van der Waals surface area contributed by atoms with Crippen LogP contribution in [0.15, 0.2) is 30.5 Å². The predicted molar refractivity (Wildman–Crippen MR) is 71.9 cm³/mol. The molecular weight excluding hydrogens is 240 g/mol. The number of carbonyl (C=O) groups excluding carboxylic acids is 1. The fraction of sp³-hybridized carbons (Fsp3) is 0.333. The van der Waals surface area contributed by atoms with Crippen LogP contribution in [-0.4, -0.2) is 29.3 Å². The number of hydrogen-bond donors (Lipinski definition) is 0. The van der Waals surface area contributed by atoms with E-state index in [-0.39, 0.29) is 5.92 Å². The van der Waals surface area contributed by atoms with Crippen LogP contribution in [0, 0.1) is 6.92 Å². The van der Waals surface area contributed by atoms with E-state index < -0.39 is 0 Å². The van der Waals surface area contributed by atoms with Crippen LogP contribution in [0.25, 0.3) is 5.69 Å². The lowest BCUT2D eigenvalue weighted by molar-refractivity contribution is 0.112. The van der Waals surface area contributed by atoms with Crippen molar-refractivity contribution in [1.29, 1.82) is 0 Å². The van der Waals surface area contributed by atoms with Gasteiger partial charge in [-0.25, -0.2) is 4.68 Å². The van der Waals surface area contributed by atoms with Gasteiger partial charge in [0.05, 0.1) is 23.6 Å². The van der Waals surface area contributed by atoms with Gasteiger partial charge in [0.1, 0.15) is 0 Å². The molecule has 0 spiro atoms. The largest absolute Gasteiger partial charge is 0.381 e. The second-order valence-electron chi connectivity index (χ2n) is 4.93. The van der Waals surface area contributed by atoms with Gasteiger partial charge >= 0.3 is 0 Å². The quantitative estimate of drug-likeness (QED) is 0.792. The zero-order chi connectivity index (χ0) is 13.2. The molecule has 1 aromatic carbocycles. The van der Waals surface area contributed by atoms with Gasteiger partial charge in [0.15, 0.2) is 6.29 Å². The number of ether oxygens (including phenoxy) is 1. The molecular formula is C15H16N2O2. The maximum atomic E-state index is 11.2. The lowest BCUT2D eigenvalue weighted by atomic mass is 10.0. The third-order valence-corrected chi connectivity index (χ3v) is 3.51. The summed E-state index contributed by atoms with van der Waals surface area (Å²) in [5, 5.41) is 4.57. The molecule has 2 heterocycles. The molecule has 1 aliphatic rings. The second kappa shape index (κ2) is 4.97. The second-order valence-corrected chi connectivity index (χ2v) is 4.93. The van der Waals surface area contributed by atoms with Crippen molar-refractivity contribution in [1.82, 2.24) is 9.78 Å². The lowest BCUT2D eigenvalue weighted by Gasteiger charge is -2.04. The van der Waals surface area contributed by atoms with Crippen molar-refractivity contribution in [3.63, 3.8) is 0 Å². The molecule has 0 N–H and O–H groups in total. The number of benzene rings is 1. The summed E-state index contributed by atoms with van der Waals surface area (Å²) in [4.78, 5) is 11.2. The Morgan fingerprint density at radius 3 is 2.79 bits per heavy atom. The minimum absolute atomic E-state index is 0.242. The first kappa shape index (κ1) is 12.1. The highest BCUT2D eigenvalue weighted by Gasteiger charge is 2.24. The van der Waals surface area contributed by atoms with Gasteiger partial charge in [-0.05, 0) is 25.5 Å². The Hall–Kier alpha value is -1.94. The molecule has 1 fully saturated rings. The minimum atomic E-state index is 0.242. The topological polar surface area (TPSA) is 44.1 Å². The molecule has 1 aliphatic heterocycles. The molecule has 3 rings (SSSR count). The summed E-state index contributed by atoms with van der Waals surface area (Å²) < 4.78 is 7.15. The molecule has 1 atom stereocenters. The molecule has 0 aliphatic carbocycles. The van der Waals surface area contributed by atoms with Gasteiger partial charge in [-0.1, -0.05) is 17.7 Å². The van der Waals surface area contributed by atoms with E-state index in [4.69, 9.17) is 4.74 Å². The number of nitrogens with zero attached hydrogens (tertiary/aromatic N) is 2. The summed E-state index contributed by atoms with van der Waals surface area (Å²) in [6.07, 6.45) is 3.61. The lowest BCUT2D eigenvalue weighted by Crippen LogP contribution is -2.03. The Kier molecular flexibility index (Phi) is 3.17. The molecule has 4 nitrogen and oxygen atoms in total. The smallest absolute Gasteiger partial charge is 0.153 e. The minimum Gasteiger partial charge on any atom is -0.381 e. The van der Waals surface area contributed by atoms with Crippen molar-refractivity contribution in [3.05, 3.63) is 47.3 Å². The monoisotopic (exact) mass is 256 g/mol. The van der Waals surface area contributed by atoms with E-state index >= 15 is 0 Å². The number of aldehydes is 1. The highest BCUT2D eigenvalue weighted by atomic mass is 16.5. The van der Waals surface area contributed by atoms with Crippen molar-refractivity contribution >= 4 is 6.29 Å². The third kappa shape index (κ3) is 2.31. The summed E-state index contributed by atoms with van der Waals surface area (Å²) in [6.45, 7) is 3.46. The van der Waals surface area contributed by atoms with Crippen molar-refractivity contribution in [2.75, 3.05) is 13.2 Å². The van der Waals surface area contributed by atoms with Gasteiger partial charge in [-0.3, -0.25) is 4.79 Å². The molecule has 2 aromatic rings. The van der Waals surface area contributed by atoms with Crippen molar-refractivity contribution in [2.45, 2.75) is 19.3 Å². The zero-order valence-corrected chi connectivity index (χ0v) is 10.9. The number of aryl methyl sites for hydroxylation is 1. The van der Waals surface area contributed by atoms with Crippen LogP contribution >= 0.6 is 0 Å². The van der Waals surface area contributed by atoms with Crippen LogP contribution in [0.4, 0.5) is 0 Å². The van der Waals surface area contributed by atoms with Crippen LogP contribution in [0.2, 0.25) is 0 Å². The average molecular weight is 256 g/mol. The molecule has 0 amide bonds. The highest BCUT2D eigenvalue weighted by Crippen LogP contribution is 2.26. The summed E-state index contributed by atoms with van der Waals surface area (Å²) >= 11 is 0. The number of rotatable bonds is 3. The number of carbonyl (C=O) groups is 1. The molecule has 0 radical (unpaired) electrons. The van der Waals surface area contributed by atoms with Crippen molar-refractivity contribution in [3.8, 4) is 5.69 Å². The van der Waals surface area contributed by atoms with Gasteiger partial charge in [0, 0.05) is 18.7 Å². The molecule has 1 unspecified atom stereocenters. The maximum Gasteiger partial charge on any atom is 0.153 e. The van der Waals surface area contributed by atoms with E-state index in [1.807, 2.05) is 31.2 Å². The molecule has 1 saturated heterocycles. The average Bonchev–Trinajstić information content (AvgIpc) is 3.08. The van der Waals surface area contributed by atoms with E-state index in [1.54, 1.807) is 10.9 Å². The van der Waals surface area contributed by atoms with E-state index in [0.717, 1.165) is 30.7 Å². The van der Waals surface area contributed by atoms with Crippen LogP contribution in [-0.2, 0) is 4.74 Å². The fourth-order valence-corrected chi connectivity index (χ4v) is 2.39. The predicted octanol–water partition coefficient (Wildman–Crippen LogP) is 2.50. The van der Waals surface area contributed by atoms with Crippen molar-refractivity contribution < 1.29 is 9.53 Å². The summed E-state index contributed by atoms with van der Waals surface area (Å²) in [7, 11) is 0. The van der Waals surface area contributed by atoms with E-state index in [1.165, 1.54) is 5.56 Å². The Labute approximate surface area is 112 Å². The Morgan fingerprint density at radius 1 is 1.37 bits per heavy atom. The molecule has 1 aromatic heterocycles. The van der Waals surface area contributed by atoms with Gasteiger partial charge in [0.25, 0.3) is 0 Å². The maximum absolute atomic E-state index is 11.2. The SMILES string of the molecule is Cc1ccc(-n2cc(C=O)c(C3CCOC3)n2)cc1. The molecule has 0 saturated carbocycles. The summed E-state index contributed by atoms with van der Waals surface area (Å²) in [6, 6.07) is 8.09. The first-order valence-corrected chi connectivity index (χ1v) is 6.47. The molecule has 98 valence electrons. The fourth-order valence-electron chi connectivity index (χ4n) is 2.39. The van der Waals surface area contributed by atoms with Crippen LogP contribution in [0.1, 0.15) is 34.0 Å². The van der Waals surface area contributed by atoms with Gasteiger partial charge in [-0.15, -0.1) is 0 Å². The van der Waals surface area contributed by atoms with E-state index in [9.17, 15) is 4.79 Å². The Bertz CT molecular complexity index is 581.